The van der Waals surface area contributed by atoms with Gasteiger partial charge in [0.25, 0.3) is 0 Å². The summed E-state index contributed by atoms with van der Waals surface area (Å²) in [5.41, 5.74) is 8.42. The molecule has 0 amide bonds. The Hall–Kier alpha value is -3.70. The van der Waals surface area contributed by atoms with E-state index in [9.17, 15) is 15.3 Å². The molecule has 2 N–H and O–H groups in total. The molecule has 0 aliphatic carbocycles. The Morgan fingerprint density at radius 2 is 1.97 bits per heavy atom. The van der Waals surface area contributed by atoms with Gasteiger partial charge < -0.3 is 15.2 Å². The fourth-order valence-electron chi connectivity index (χ4n) is 3.82. The van der Waals surface area contributed by atoms with Crippen molar-refractivity contribution >= 4 is 40.8 Å². The number of carbonyl (C=O) groups excluding carboxylic acids is 1. The highest BCUT2D eigenvalue weighted by Gasteiger charge is 2.37. The van der Waals surface area contributed by atoms with Gasteiger partial charge in [-0.1, -0.05) is 30.0 Å². The van der Waals surface area contributed by atoms with Crippen LogP contribution in [0, 0.1) is 22.7 Å². The van der Waals surface area contributed by atoms with Gasteiger partial charge in [0.1, 0.15) is 28.5 Å². The number of thioether (sulfide) groups is 2. The number of nitrogens with two attached hydrogens (primary N) is 1. The van der Waals surface area contributed by atoms with Crippen LogP contribution in [-0.4, -0.2) is 29.6 Å². The quantitative estimate of drug-likeness (QED) is 0.275. The van der Waals surface area contributed by atoms with Crippen LogP contribution in [0.2, 0.25) is 0 Å². The molecule has 0 bridgehead atoms. The maximum atomic E-state index is 13.2. The minimum absolute atomic E-state index is 0.0640. The molecule has 186 valence electrons. The number of ether oxygens (including phenoxy) is 2. The SMILES string of the molecule is CCOC(=O)C1=C(CSc2nc(-c3cccs3)ccc2C#N)OC(N)=C(C#N)C1c1ccc(SC)cc1. The smallest absolute Gasteiger partial charge is 0.338 e. The highest BCUT2D eigenvalue weighted by atomic mass is 32.2. The molecule has 1 atom stereocenters. The van der Waals surface area contributed by atoms with Crippen LogP contribution in [0.5, 0.6) is 0 Å². The standard InChI is InChI=1S/C27H22N4O3S3/c1-3-33-27(32)24-21(15-37-26-17(13-28)8-11-20(31-26)22-5-4-12-36-22)34-25(30)19(14-29)23(24)16-6-9-18(35-2)10-7-16/h4-12,23H,3,15,30H2,1-2H3. The molecule has 3 heterocycles. The molecular weight excluding hydrogens is 525 g/mol. The van der Waals surface area contributed by atoms with Crippen LogP contribution < -0.4 is 5.73 Å². The molecule has 37 heavy (non-hydrogen) atoms. The molecular formula is C27H22N4O3S3. The van der Waals surface area contributed by atoms with Crippen LogP contribution in [-0.2, 0) is 14.3 Å². The van der Waals surface area contributed by atoms with Gasteiger partial charge in [-0.3, -0.25) is 0 Å². The molecule has 7 nitrogen and oxygen atoms in total. The molecule has 0 radical (unpaired) electrons. The first-order chi connectivity index (χ1) is 18.0. The maximum absolute atomic E-state index is 13.2. The fraction of sp³-hybridized carbons (Fsp3) is 0.185. The van der Waals surface area contributed by atoms with Gasteiger partial charge >= 0.3 is 5.97 Å². The molecule has 0 spiro atoms. The summed E-state index contributed by atoms with van der Waals surface area (Å²) < 4.78 is 11.2. The van der Waals surface area contributed by atoms with Crippen molar-refractivity contribution in [3.8, 4) is 22.7 Å². The second-order valence-corrected chi connectivity index (χ2v) is 10.5. The summed E-state index contributed by atoms with van der Waals surface area (Å²) >= 11 is 4.40. The Labute approximate surface area is 227 Å². The van der Waals surface area contributed by atoms with Crippen molar-refractivity contribution in [3.63, 3.8) is 0 Å². The number of hydrogen-bond acceptors (Lipinski definition) is 10. The third-order valence-electron chi connectivity index (χ3n) is 5.54. The van der Waals surface area contributed by atoms with Gasteiger partial charge in [-0.2, -0.15) is 10.5 Å². The number of thiophene rings is 1. The largest absolute Gasteiger partial charge is 0.463 e. The van der Waals surface area contributed by atoms with Crippen LogP contribution in [0.25, 0.3) is 10.6 Å². The van der Waals surface area contributed by atoms with E-state index in [1.807, 2.05) is 54.1 Å². The topological polar surface area (TPSA) is 122 Å². The molecule has 3 aromatic rings. The zero-order chi connectivity index (χ0) is 26.4. The molecule has 0 saturated carbocycles. The number of carbonyl (C=O) groups is 1. The zero-order valence-electron chi connectivity index (χ0n) is 20.1. The normalized spacial score (nSPS) is 15.1. The van der Waals surface area contributed by atoms with E-state index < -0.39 is 11.9 Å². The monoisotopic (exact) mass is 546 g/mol. The van der Waals surface area contributed by atoms with Crippen LogP contribution in [0.4, 0.5) is 0 Å². The van der Waals surface area contributed by atoms with Crippen LogP contribution in [0.3, 0.4) is 0 Å². The van der Waals surface area contributed by atoms with Crippen LogP contribution in [0.15, 0.2) is 86.6 Å². The zero-order valence-corrected chi connectivity index (χ0v) is 22.5. The molecule has 10 heteroatoms. The van der Waals surface area contributed by atoms with Crippen molar-refractivity contribution in [2.45, 2.75) is 22.8 Å². The highest BCUT2D eigenvalue weighted by molar-refractivity contribution is 7.99. The average Bonchev–Trinajstić information content (AvgIpc) is 3.46. The Bertz CT molecular complexity index is 1450. The molecule has 1 aromatic carbocycles. The second-order valence-electron chi connectivity index (χ2n) is 7.68. The van der Waals surface area contributed by atoms with E-state index in [0.717, 1.165) is 21.0 Å². The van der Waals surface area contributed by atoms with Gasteiger partial charge in [-0.05, 0) is 54.5 Å². The maximum Gasteiger partial charge on any atom is 0.338 e. The number of hydrogen-bond donors (Lipinski definition) is 1. The Balaban J connectivity index is 1.76. The number of benzene rings is 1. The summed E-state index contributed by atoms with van der Waals surface area (Å²) in [5.74, 6) is -0.969. The third-order valence-corrected chi connectivity index (χ3v) is 8.16. The van der Waals surface area contributed by atoms with Crippen molar-refractivity contribution < 1.29 is 14.3 Å². The summed E-state index contributed by atoms with van der Waals surface area (Å²) in [7, 11) is 0. The Kier molecular flexibility index (Phi) is 8.57. The van der Waals surface area contributed by atoms with Gasteiger partial charge in [0.05, 0.1) is 40.0 Å². The lowest BCUT2D eigenvalue weighted by atomic mass is 9.83. The van der Waals surface area contributed by atoms with Gasteiger partial charge in [0.15, 0.2) is 0 Å². The van der Waals surface area contributed by atoms with E-state index in [4.69, 9.17) is 15.2 Å². The van der Waals surface area contributed by atoms with Crippen molar-refractivity contribution in [2.75, 3.05) is 18.6 Å². The van der Waals surface area contributed by atoms with Crippen LogP contribution >= 0.6 is 34.9 Å². The lowest BCUT2D eigenvalue weighted by Gasteiger charge is -2.28. The summed E-state index contributed by atoms with van der Waals surface area (Å²) in [6.45, 7) is 1.87. The Morgan fingerprint density at radius 3 is 2.59 bits per heavy atom. The predicted octanol–water partition coefficient (Wildman–Crippen LogP) is 5.82. The van der Waals surface area contributed by atoms with Crippen LogP contribution in [0.1, 0.15) is 24.0 Å². The van der Waals surface area contributed by atoms with E-state index in [1.165, 1.54) is 11.8 Å². The first-order valence-corrected chi connectivity index (χ1v) is 14.3. The lowest BCUT2D eigenvalue weighted by molar-refractivity contribution is -0.139. The first-order valence-electron chi connectivity index (χ1n) is 11.2. The molecule has 0 saturated heterocycles. The Morgan fingerprint density at radius 1 is 1.19 bits per heavy atom. The summed E-state index contributed by atoms with van der Waals surface area (Å²) in [6.07, 6.45) is 1.97. The highest BCUT2D eigenvalue weighted by Crippen LogP contribution is 2.41. The number of pyridine rings is 1. The number of nitriles is 2. The second kappa shape index (κ2) is 12.0. The lowest BCUT2D eigenvalue weighted by Crippen LogP contribution is -2.27. The van der Waals surface area contributed by atoms with E-state index >= 15 is 0 Å². The minimum Gasteiger partial charge on any atom is -0.463 e. The van der Waals surface area contributed by atoms with Gasteiger partial charge in [0, 0.05) is 4.90 Å². The average molecular weight is 547 g/mol. The van der Waals surface area contributed by atoms with Gasteiger partial charge in [-0.15, -0.1) is 23.1 Å². The van der Waals surface area contributed by atoms with Crippen molar-refractivity contribution in [1.29, 1.82) is 10.5 Å². The molecule has 0 fully saturated rings. The van der Waals surface area contributed by atoms with Crippen molar-refractivity contribution in [1.82, 2.24) is 4.98 Å². The van der Waals surface area contributed by atoms with E-state index in [0.29, 0.717) is 10.6 Å². The molecule has 4 rings (SSSR count). The molecule has 1 aliphatic rings. The summed E-state index contributed by atoms with van der Waals surface area (Å²) in [4.78, 5) is 19.9. The van der Waals surface area contributed by atoms with E-state index in [-0.39, 0.29) is 35.1 Å². The third kappa shape index (κ3) is 5.67. The molecule has 2 aromatic heterocycles. The van der Waals surface area contributed by atoms with Crippen molar-refractivity contribution in [3.05, 3.63) is 87.8 Å². The first kappa shape index (κ1) is 26.4. The summed E-state index contributed by atoms with van der Waals surface area (Å²) in [6, 6.07) is 19.3. The van der Waals surface area contributed by atoms with Gasteiger partial charge in [0.2, 0.25) is 5.88 Å². The number of aromatic nitrogens is 1. The summed E-state index contributed by atoms with van der Waals surface area (Å²) in [5, 5.41) is 22.0. The van der Waals surface area contributed by atoms with Crippen molar-refractivity contribution in [2.24, 2.45) is 5.73 Å². The van der Waals surface area contributed by atoms with E-state index in [2.05, 4.69) is 17.1 Å². The fourth-order valence-corrected chi connectivity index (χ4v) is 5.84. The minimum atomic E-state index is -0.745. The van der Waals surface area contributed by atoms with Gasteiger partial charge in [-0.25, -0.2) is 9.78 Å². The predicted molar refractivity (Wildman–Crippen MR) is 146 cm³/mol. The number of nitrogens with zero attached hydrogens (tertiary/aromatic N) is 3. The number of rotatable bonds is 8. The number of esters is 1. The molecule has 1 unspecified atom stereocenters. The number of allylic oxidation sites excluding steroid dienone is 1. The van der Waals surface area contributed by atoms with E-state index in [1.54, 1.807) is 36.1 Å². The molecule has 1 aliphatic heterocycles.